The second kappa shape index (κ2) is 13.8. The molecule has 0 spiro atoms. The van der Waals surface area contributed by atoms with Crippen molar-refractivity contribution in [2.45, 2.75) is 77.5 Å². The Morgan fingerprint density at radius 3 is 0.971 bits per heavy atom. The van der Waals surface area contributed by atoms with E-state index in [1.807, 2.05) is 0 Å². The Morgan fingerprint density at radius 2 is 0.794 bits per heavy atom. The summed E-state index contributed by atoms with van der Waals surface area (Å²) in [5.41, 5.74) is 0. The Labute approximate surface area is 222 Å². The van der Waals surface area contributed by atoms with Gasteiger partial charge in [-0.15, -0.1) is 0 Å². The van der Waals surface area contributed by atoms with Gasteiger partial charge in [0.1, 0.15) is 0 Å². The summed E-state index contributed by atoms with van der Waals surface area (Å²) in [5.74, 6) is 0. The summed E-state index contributed by atoms with van der Waals surface area (Å²) in [5, 5.41) is 4.01. The van der Waals surface area contributed by atoms with Gasteiger partial charge in [0.05, 0.1) is 0 Å². The van der Waals surface area contributed by atoms with Crippen molar-refractivity contribution in [2.75, 3.05) is 13.3 Å². The van der Waals surface area contributed by atoms with Crippen molar-refractivity contribution >= 4 is 45.9 Å². The third kappa shape index (κ3) is 21.2. The van der Waals surface area contributed by atoms with E-state index in [1.54, 1.807) is 10.6 Å². The number of hydrogen-bond donors (Lipinski definition) is 0. The zero-order valence-corrected chi connectivity index (χ0v) is 27.4. The van der Waals surface area contributed by atoms with Gasteiger partial charge in [-0.3, -0.25) is 0 Å². The zero-order chi connectivity index (χ0) is 26.2. The van der Waals surface area contributed by atoms with Gasteiger partial charge in [0, 0.05) is 19.5 Å². The Kier molecular flexibility index (Phi) is 15.1. The van der Waals surface area contributed by atoms with Gasteiger partial charge in [-0.1, -0.05) is 81.7 Å². The van der Waals surface area contributed by atoms with Crippen LogP contribution < -0.4 is 10.6 Å². The SMILES string of the molecule is C[P@@](c1ccccc1[P@](C)C(C)(C)C)C(C)(C)C.[CH]1[CH]CC[CH][CH]CC1.[F][Sb-]([F])([F])([F])([F])[F].[Rh]. The van der Waals surface area contributed by atoms with Crippen LogP contribution in [0.15, 0.2) is 24.3 Å². The maximum Gasteiger partial charge on any atom is 0 e. The molecule has 0 amide bonds. The van der Waals surface area contributed by atoms with Gasteiger partial charge in [0.15, 0.2) is 0 Å². The van der Waals surface area contributed by atoms with Crippen LogP contribution in [0, 0.1) is 25.7 Å². The molecular formula is C24H40F6P2RhSb-. The number of benzene rings is 1. The molecule has 10 heteroatoms. The largest absolute Gasteiger partial charge is 0 e. The first-order valence-corrected chi connectivity index (χ1v) is 20.3. The number of halogens is 6. The smallest absolute Gasteiger partial charge is 0 e. The standard InChI is InChI=1S/C16H28P2.C8H12.6FH.Rh.Sb/c1-15(2,3)17(7)13-11-9-10-12-14(13)18(8)16(4,5)6;1-2-4-6-8-7-5-3-1;;;;;;;;/h9-12H,1-8H3;1-2,7-8H,3-6H2;6*1H;;/q;;;;;;;;;+5/p-6/t17-,18-;;;;;;;;;/m0........./s1. The summed E-state index contributed by atoms with van der Waals surface area (Å²) in [7, 11) is -0.202. The second-order valence-electron chi connectivity index (χ2n) is 10.0. The molecule has 2 rings (SSSR count). The van der Waals surface area contributed by atoms with Gasteiger partial charge in [0.2, 0.25) is 0 Å². The maximum atomic E-state index is 9.93. The third-order valence-corrected chi connectivity index (χ3v) is 11.4. The van der Waals surface area contributed by atoms with Crippen LogP contribution in [0.4, 0.5) is 16.9 Å². The first-order chi connectivity index (χ1) is 14.5. The molecule has 0 unspecified atom stereocenters. The molecule has 1 fully saturated rings. The Balaban J connectivity index is 0. The number of rotatable bonds is 2. The molecule has 0 heterocycles. The molecular weight excluding hydrogens is 689 g/mol. The molecule has 0 nitrogen and oxygen atoms in total. The topological polar surface area (TPSA) is 0 Å². The minimum Gasteiger partial charge on any atom is 0 e. The summed E-state index contributed by atoms with van der Waals surface area (Å²) < 4.78 is 59.6. The molecule has 1 aromatic carbocycles. The van der Waals surface area contributed by atoms with Gasteiger partial charge in [0.25, 0.3) is 0 Å². The molecule has 2 atom stereocenters. The molecule has 203 valence electrons. The van der Waals surface area contributed by atoms with E-state index in [9.17, 15) is 16.9 Å². The van der Waals surface area contributed by atoms with Gasteiger partial charge in [-0.2, -0.15) is 0 Å². The molecule has 1 aliphatic carbocycles. The van der Waals surface area contributed by atoms with Crippen LogP contribution in [-0.4, -0.2) is 43.1 Å². The quantitative estimate of drug-likeness (QED) is 0.162. The van der Waals surface area contributed by atoms with Crippen LogP contribution in [0.25, 0.3) is 0 Å². The predicted molar refractivity (Wildman–Crippen MR) is 139 cm³/mol. The molecule has 0 aliphatic heterocycles. The van der Waals surface area contributed by atoms with Crippen molar-refractivity contribution in [3.05, 3.63) is 49.9 Å². The van der Waals surface area contributed by atoms with E-state index in [2.05, 4.69) is 105 Å². The van der Waals surface area contributed by atoms with Crippen molar-refractivity contribution in [3.63, 3.8) is 0 Å². The fourth-order valence-electron chi connectivity index (χ4n) is 2.61. The molecule has 1 aromatic rings. The average Bonchev–Trinajstić information content (AvgIpc) is 2.56. The van der Waals surface area contributed by atoms with E-state index in [1.165, 1.54) is 25.7 Å². The van der Waals surface area contributed by atoms with Crippen LogP contribution in [-0.2, 0) is 19.5 Å². The number of hydrogen-bond acceptors (Lipinski definition) is 0. The first-order valence-electron chi connectivity index (χ1n) is 10.9. The van der Waals surface area contributed by atoms with Crippen molar-refractivity contribution in [2.24, 2.45) is 0 Å². The molecule has 0 aromatic heterocycles. The molecule has 5 radical (unpaired) electrons. The molecule has 0 bridgehead atoms. The summed E-state index contributed by atoms with van der Waals surface area (Å²) in [6.45, 7) is 19.1. The van der Waals surface area contributed by atoms with Crippen LogP contribution >= 0.6 is 15.8 Å². The fourth-order valence-corrected chi connectivity index (χ4v) is 6.41. The molecule has 0 saturated heterocycles. The summed E-state index contributed by atoms with van der Waals surface area (Å²) in [6.07, 6.45) is 14.0. The summed E-state index contributed by atoms with van der Waals surface area (Å²) in [4.78, 5) is 0. The Hall–Kier alpha value is 1.10. The van der Waals surface area contributed by atoms with Gasteiger partial charge < -0.3 is 0 Å². The van der Waals surface area contributed by atoms with Crippen molar-refractivity contribution < 1.29 is 36.4 Å². The predicted octanol–water partition coefficient (Wildman–Crippen LogP) is 9.27. The van der Waals surface area contributed by atoms with Gasteiger partial charge >= 0.3 is 36.4 Å². The van der Waals surface area contributed by atoms with Crippen LogP contribution in [0.3, 0.4) is 0 Å². The van der Waals surface area contributed by atoms with Crippen molar-refractivity contribution in [1.29, 1.82) is 0 Å². The van der Waals surface area contributed by atoms with E-state index in [4.69, 9.17) is 0 Å². The minimum atomic E-state index is -11.2. The van der Waals surface area contributed by atoms with Gasteiger partial charge in [-0.25, -0.2) is 0 Å². The van der Waals surface area contributed by atoms with Crippen LogP contribution in [0.2, 0.25) is 0 Å². The van der Waals surface area contributed by atoms with Crippen molar-refractivity contribution in [3.8, 4) is 0 Å². The van der Waals surface area contributed by atoms with E-state index >= 15 is 0 Å². The summed E-state index contributed by atoms with van der Waals surface area (Å²) in [6, 6.07) is 9.12. The first kappa shape index (κ1) is 37.3. The molecule has 34 heavy (non-hydrogen) atoms. The van der Waals surface area contributed by atoms with Gasteiger partial charge in [-0.05, 0) is 85.6 Å². The summed E-state index contributed by atoms with van der Waals surface area (Å²) >= 11 is -11.2. The average molecular weight is 729 g/mol. The van der Waals surface area contributed by atoms with E-state index < -0.39 is 19.5 Å². The maximum absolute atomic E-state index is 11.2. The van der Waals surface area contributed by atoms with E-state index in [0.29, 0.717) is 10.3 Å². The van der Waals surface area contributed by atoms with Crippen LogP contribution in [0.1, 0.15) is 67.2 Å². The molecule has 1 aliphatic rings. The normalized spacial score (nSPS) is 19.1. The molecule has 1 saturated carbocycles. The fraction of sp³-hybridized carbons (Fsp3) is 0.583. The minimum absolute atomic E-state index is 0. The van der Waals surface area contributed by atoms with E-state index in [-0.39, 0.29) is 35.3 Å². The van der Waals surface area contributed by atoms with Crippen molar-refractivity contribution in [1.82, 2.24) is 0 Å². The zero-order valence-electron chi connectivity index (χ0n) is 21.4. The molecule has 0 N–H and O–H groups in total. The van der Waals surface area contributed by atoms with E-state index in [0.717, 1.165) is 0 Å². The van der Waals surface area contributed by atoms with Crippen LogP contribution in [0.5, 0.6) is 0 Å². The monoisotopic (exact) mass is 728 g/mol. The second-order valence-corrected chi connectivity index (χ2v) is 21.4. The Morgan fingerprint density at radius 1 is 0.588 bits per heavy atom. The third-order valence-electron chi connectivity index (χ3n) is 4.95. The Bertz CT molecular complexity index is 638.